The molecule has 8 nitrogen and oxygen atoms in total. The SMILES string of the molecule is COC(=O)c1cc(OC(C)C)c2nc(N3C4CCC3CC(NCc3c(-c5c(Cl)cccc5Cl)noc3C3CC3)C4)sc2c1. The molecule has 2 unspecified atom stereocenters. The van der Waals surface area contributed by atoms with Crippen LogP contribution in [0.4, 0.5) is 5.13 Å². The minimum Gasteiger partial charge on any atom is -0.489 e. The van der Waals surface area contributed by atoms with Crippen LogP contribution < -0.4 is 15.0 Å². The van der Waals surface area contributed by atoms with Crippen molar-refractivity contribution in [3.05, 3.63) is 57.3 Å². The van der Waals surface area contributed by atoms with Crippen molar-refractivity contribution in [1.82, 2.24) is 15.5 Å². The summed E-state index contributed by atoms with van der Waals surface area (Å²) in [6.45, 7) is 4.60. The molecule has 226 valence electrons. The van der Waals surface area contributed by atoms with E-state index in [0.717, 1.165) is 76.5 Å². The number of hydrogen-bond acceptors (Lipinski definition) is 9. The third-order valence-corrected chi connectivity index (χ3v) is 10.4. The summed E-state index contributed by atoms with van der Waals surface area (Å²) in [5, 5.41) is 10.4. The van der Waals surface area contributed by atoms with Gasteiger partial charge in [-0.1, -0.05) is 45.8 Å². The number of halogens is 2. The van der Waals surface area contributed by atoms with Gasteiger partial charge in [-0.15, -0.1) is 0 Å². The first-order chi connectivity index (χ1) is 20.8. The van der Waals surface area contributed by atoms with Crippen molar-refractivity contribution in [2.75, 3.05) is 12.0 Å². The van der Waals surface area contributed by atoms with Crippen LogP contribution in [0.15, 0.2) is 34.9 Å². The van der Waals surface area contributed by atoms with Gasteiger partial charge in [-0.25, -0.2) is 9.78 Å². The molecule has 1 aliphatic carbocycles. The number of anilines is 1. The molecule has 2 aliphatic heterocycles. The van der Waals surface area contributed by atoms with Crippen LogP contribution in [0.25, 0.3) is 21.5 Å². The third-order valence-electron chi connectivity index (χ3n) is 8.72. The Morgan fingerprint density at radius 1 is 1.14 bits per heavy atom. The average molecular weight is 642 g/mol. The number of ether oxygens (including phenoxy) is 2. The molecule has 2 bridgehead atoms. The van der Waals surface area contributed by atoms with E-state index < -0.39 is 0 Å². The van der Waals surface area contributed by atoms with E-state index in [9.17, 15) is 4.79 Å². The molecule has 2 aromatic carbocycles. The smallest absolute Gasteiger partial charge is 0.338 e. The average Bonchev–Trinajstić information content (AvgIpc) is 3.50. The Balaban J connectivity index is 1.11. The third kappa shape index (κ3) is 5.50. The summed E-state index contributed by atoms with van der Waals surface area (Å²) in [4.78, 5) is 19.9. The highest BCUT2D eigenvalue weighted by Gasteiger charge is 2.42. The number of fused-ring (bicyclic) bond motifs is 3. The van der Waals surface area contributed by atoms with Crippen LogP contribution in [-0.4, -0.2) is 47.4 Å². The number of thiazole rings is 1. The van der Waals surface area contributed by atoms with E-state index in [0.29, 0.717) is 51.9 Å². The van der Waals surface area contributed by atoms with Crippen LogP contribution in [0, 0.1) is 0 Å². The normalized spacial score (nSPS) is 21.6. The number of nitrogens with zero attached hydrogens (tertiary/aromatic N) is 3. The summed E-state index contributed by atoms with van der Waals surface area (Å²) < 4.78 is 17.9. The monoisotopic (exact) mass is 640 g/mol. The molecule has 11 heteroatoms. The van der Waals surface area contributed by atoms with Crippen molar-refractivity contribution in [2.45, 2.75) is 89.1 Å². The minimum absolute atomic E-state index is 0.0421. The van der Waals surface area contributed by atoms with E-state index in [2.05, 4.69) is 15.4 Å². The second kappa shape index (κ2) is 11.6. The van der Waals surface area contributed by atoms with Crippen LogP contribution in [0.3, 0.4) is 0 Å². The minimum atomic E-state index is -0.380. The lowest BCUT2D eigenvalue weighted by Crippen LogP contribution is -2.49. The van der Waals surface area contributed by atoms with Crippen LogP contribution in [0.1, 0.15) is 80.0 Å². The fourth-order valence-corrected chi connectivity index (χ4v) is 8.40. The fraction of sp³-hybridized carbons (Fsp3) is 0.469. The zero-order valence-corrected chi connectivity index (χ0v) is 26.7. The lowest BCUT2D eigenvalue weighted by molar-refractivity contribution is 0.0600. The number of benzene rings is 2. The molecule has 2 atom stereocenters. The van der Waals surface area contributed by atoms with Crippen molar-refractivity contribution in [3.63, 3.8) is 0 Å². The Morgan fingerprint density at radius 2 is 1.86 bits per heavy atom. The molecule has 4 aromatic rings. The van der Waals surface area contributed by atoms with Gasteiger partial charge < -0.3 is 24.2 Å². The Labute approximate surface area is 264 Å². The van der Waals surface area contributed by atoms with Crippen molar-refractivity contribution in [2.24, 2.45) is 0 Å². The predicted molar refractivity (Wildman–Crippen MR) is 170 cm³/mol. The van der Waals surface area contributed by atoms with Crippen molar-refractivity contribution < 1.29 is 18.8 Å². The summed E-state index contributed by atoms with van der Waals surface area (Å²) in [5.74, 6) is 1.61. The fourth-order valence-electron chi connectivity index (χ4n) is 6.66. The Bertz CT molecular complexity index is 1650. The summed E-state index contributed by atoms with van der Waals surface area (Å²) >= 11 is 14.8. The van der Waals surface area contributed by atoms with Gasteiger partial charge in [-0.3, -0.25) is 0 Å². The van der Waals surface area contributed by atoms with Gasteiger partial charge in [-0.2, -0.15) is 0 Å². The molecule has 0 spiro atoms. The van der Waals surface area contributed by atoms with Gasteiger partial charge in [0.2, 0.25) is 0 Å². The van der Waals surface area contributed by atoms with Gasteiger partial charge in [0, 0.05) is 41.7 Å². The second-order valence-corrected chi connectivity index (χ2v) is 13.9. The van der Waals surface area contributed by atoms with Gasteiger partial charge >= 0.3 is 5.97 Å². The molecule has 4 heterocycles. The van der Waals surface area contributed by atoms with E-state index in [1.807, 2.05) is 38.1 Å². The molecule has 1 N–H and O–H groups in total. The number of rotatable bonds is 9. The highest BCUT2D eigenvalue weighted by Crippen LogP contribution is 2.47. The maximum atomic E-state index is 12.4. The standard InChI is InChI=1S/C32H34Cl2N4O4S/c1-16(2)41-25-11-18(31(39)40-3)12-26-29(25)36-32(43-26)38-20-9-10-21(38)14-19(13-20)35-15-22-28(37-42-30(22)17-7-8-17)27-23(33)5-4-6-24(27)34/h4-6,11-12,16-17,19-21,35H,7-10,13-15H2,1-3H3. The summed E-state index contributed by atoms with van der Waals surface area (Å²) in [6.07, 6.45) is 6.48. The zero-order chi connectivity index (χ0) is 29.8. The molecule has 1 saturated carbocycles. The van der Waals surface area contributed by atoms with E-state index in [1.165, 1.54) is 7.11 Å². The number of aromatic nitrogens is 2. The Hall–Kier alpha value is -2.85. The van der Waals surface area contributed by atoms with Gasteiger partial charge in [0.1, 0.15) is 22.7 Å². The molecule has 0 amide bonds. The lowest BCUT2D eigenvalue weighted by Gasteiger charge is -2.39. The van der Waals surface area contributed by atoms with Crippen molar-refractivity contribution in [3.8, 4) is 17.0 Å². The molecule has 43 heavy (non-hydrogen) atoms. The number of methoxy groups -OCH3 is 1. The Morgan fingerprint density at radius 3 is 2.51 bits per heavy atom. The van der Waals surface area contributed by atoms with E-state index >= 15 is 0 Å². The topological polar surface area (TPSA) is 89.7 Å². The molecule has 2 saturated heterocycles. The summed E-state index contributed by atoms with van der Waals surface area (Å²) in [7, 11) is 1.39. The molecule has 7 rings (SSSR count). The number of nitrogens with one attached hydrogen (secondary N) is 1. The van der Waals surface area contributed by atoms with E-state index in [4.69, 9.17) is 42.2 Å². The number of esters is 1. The molecule has 3 fully saturated rings. The second-order valence-electron chi connectivity index (χ2n) is 12.1. The molecule has 0 radical (unpaired) electrons. The number of piperidine rings is 1. The van der Waals surface area contributed by atoms with Crippen LogP contribution in [0.2, 0.25) is 10.0 Å². The Kier molecular flexibility index (Phi) is 7.78. The first kappa shape index (κ1) is 28.9. The molecular formula is C32H34Cl2N4O4S. The van der Waals surface area contributed by atoms with Gasteiger partial charge in [0.15, 0.2) is 5.13 Å². The van der Waals surface area contributed by atoms with E-state index in [-0.39, 0.29) is 12.1 Å². The highest BCUT2D eigenvalue weighted by atomic mass is 35.5. The van der Waals surface area contributed by atoms with Crippen molar-refractivity contribution >= 4 is 55.9 Å². The number of hydrogen-bond donors (Lipinski definition) is 1. The quantitative estimate of drug-likeness (QED) is 0.184. The van der Waals surface area contributed by atoms with Crippen LogP contribution in [0.5, 0.6) is 5.75 Å². The van der Waals surface area contributed by atoms with E-state index in [1.54, 1.807) is 17.4 Å². The summed E-state index contributed by atoms with van der Waals surface area (Å²) in [6, 6.07) is 10.3. The first-order valence-corrected chi connectivity index (χ1v) is 16.5. The number of carbonyl (C=O) groups excluding carboxylic acids is 1. The largest absolute Gasteiger partial charge is 0.489 e. The van der Waals surface area contributed by atoms with Gasteiger partial charge in [-0.05, 0) is 76.6 Å². The van der Waals surface area contributed by atoms with Gasteiger partial charge in [0.05, 0.1) is 33.5 Å². The lowest BCUT2D eigenvalue weighted by atomic mass is 9.97. The highest BCUT2D eigenvalue weighted by molar-refractivity contribution is 7.22. The molecule has 3 aliphatic rings. The molecular weight excluding hydrogens is 607 g/mol. The van der Waals surface area contributed by atoms with Crippen LogP contribution in [-0.2, 0) is 11.3 Å². The van der Waals surface area contributed by atoms with Gasteiger partial charge in [0.25, 0.3) is 0 Å². The van der Waals surface area contributed by atoms with Crippen molar-refractivity contribution in [1.29, 1.82) is 0 Å². The maximum absolute atomic E-state index is 12.4. The number of carbonyl (C=O) groups is 1. The molecule has 2 aromatic heterocycles. The maximum Gasteiger partial charge on any atom is 0.338 e. The van der Waals surface area contributed by atoms with Crippen LogP contribution >= 0.6 is 34.5 Å². The zero-order valence-electron chi connectivity index (χ0n) is 24.4. The summed E-state index contributed by atoms with van der Waals surface area (Å²) in [5.41, 5.74) is 3.82. The predicted octanol–water partition coefficient (Wildman–Crippen LogP) is 8.00. The first-order valence-electron chi connectivity index (χ1n) is 14.9.